The highest BCUT2D eigenvalue weighted by atomic mass is 35.5. The van der Waals surface area contributed by atoms with Crippen LogP contribution < -0.4 is 0 Å². The number of halogens is 2. The van der Waals surface area contributed by atoms with Crippen LogP contribution >= 0.6 is 34.5 Å². The summed E-state index contributed by atoms with van der Waals surface area (Å²) in [6, 6.07) is 5.06. The van der Waals surface area contributed by atoms with E-state index in [1.54, 1.807) is 45.9 Å². The van der Waals surface area contributed by atoms with Crippen LogP contribution in [0.15, 0.2) is 18.2 Å². The molecular formula is C20H19Cl2NO3S. The van der Waals surface area contributed by atoms with Gasteiger partial charge in [0.15, 0.2) is 17.3 Å². The molecule has 1 aliphatic rings. The van der Waals surface area contributed by atoms with Crippen molar-refractivity contribution in [2.45, 2.75) is 40.5 Å². The molecule has 0 aliphatic heterocycles. The molecule has 1 heterocycles. The maximum absolute atomic E-state index is 13.1. The molecule has 142 valence electrons. The molecule has 0 unspecified atom stereocenters. The number of hydrogen-bond acceptors (Lipinski definition) is 5. The van der Waals surface area contributed by atoms with Crippen molar-refractivity contribution in [3.8, 4) is 10.6 Å². The first-order valence-corrected chi connectivity index (χ1v) is 10.0. The Bertz CT molecular complexity index is 961. The Hall–Kier alpha value is -1.56. The van der Waals surface area contributed by atoms with Gasteiger partial charge in [-0.25, -0.2) is 4.98 Å². The minimum Gasteiger partial charge on any atom is -0.298 e. The first-order valence-electron chi connectivity index (χ1n) is 8.45. The van der Waals surface area contributed by atoms with Crippen LogP contribution in [0.4, 0.5) is 0 Å². The number of benzene rings is 1. The number of thiazole rings is 1. The summed E-state index contributed by atoms with van der Waals surface area (Å²) in [5.41, 5.74) is -1.44. The van der Waals surface area contributed by atoms with Gasteiger partial charge in [0.25, 0.3) is 0 Å². The molecule has 1 fully saturated rings. The van der Waals surface area contributed by atoms with Crippen LogP contribution in [0.3, 0.4) is 0 Å². The maximum atomic E-state index is 13.1. The molecule has 1 aliphatic carbocycles. The van der Waals surface area contributed by atoms with E-state index in [0.717, 1.165) is 4.88 Å². The topological polar surface area (TPSA) is 64.1 Å². The van der Waals surface area contributed by atoms with Crippen LogP contribution in [0, 0.1) is 17.8 Å². The van der Waals surface area contributed by atoms with Gasteiger partial charge < -0.3 is 0 Å². The largest absolute Gasteiger partial charge is 0.298 e. The minimum absolute atomic E-state index is 0.354. The van der Waals surface area contributed by atoms with Crippen molar-refractivity contribution >= 4 is 51.9 Å². The molecule has 0 N–H and O–H groups in total. The lowest BCUT2D eigenvalue weighted by atomic mass is 9.58. The number of ketones is 3. The van der Waals surface area contributed by atoms with Crippen molar-refractivity contribution in [1.82, 2.24) is 4.98 Å². The summed E-state index contributed by atoms with van der Waals surface area (Å²) in [6.07, 6.45) is 0. The van der Waals surface area contributed by atoms with Crippen LogP contribution in [0.2, 0.25) is 10.0 Å². The van der Waals surface area contributed by atoms with Crippen molar-refractivity contribution in [3.05, 3.63) is 38.8 Å². The molecule has 0 amide bonds. The average Bonchev–Trinajstić information content (AvgIpc) is 2.96. The number of aryl methyl sites for hydroxylation is 1. The monoisotopic (exact) mass is 423 g/mol. The summed E-state index contributed by atoms with van der Waals surface area (Å²) < 4.78 is 0. The van der Waals surface area contributed by atoms with E-state index in [9.17, 15) is 14.4 Å². The highest BCUT2D eigenvalue weighted by Crippen LogP contribution is 2.46. The van der Waals surface area contributed by atoms with Gasteiger partial charge in [0.2, 0.25) is 0 Å². The fraction of sp³-hybridized carbons (Fsp3) is 0.400. The van der Waals surface area contributed by atoms with Gasteiger partial charge in [-0.3, -0.25) is 14.4 Å². The molecule has 1 saturated carbocycles. The molecule has 2 aromatic rings. The zero-order valence-corrected chi connectivity index (χ0v) is 18.0. The summed E-state index contributed by atoms with van der Waals surface area (Å²) in [5.74, 6) is -2.23. The van der Waals surface area contributed by atoms with Gasteiger partial charge in [-0.15, -0.1) is 11.3 Å². The summed E-state index contributed by atoms with van der Waals surface area (Å²) >= 11 is 13.7. The Morgan fingerprint density at radius 1 is 1.00 bits per heavy atom. The predicted molar refractivity (Wildman–Crippen MR) is 108 cm³/mol. The molecule has 7 heteroatoms. The van der Waals surface area contributed by atoms with E-state index in [1.807, 2.05) is 6.92 Å². The number of carbonyl (C=O) groups is 3. The van der Waals surface area contributed by atoms with E-state index in [0.29, 0.717) is 26.3 Å². The number of aromatic nitrogens is 1. The molecule has 3 rings (SSSR count). The third kappa shape index (κ3) is 3.06. The van der Waals surface area contributed by atoms with Gasteiger partial charge in [0.05, 0.1) is 21.5 Å². The van der Waals surface area contributed by atoms with E-state index in [4.69, 9.17) is 23.2 Å². The normalized spacial score (nSPS) is 19.6. The molecule has 4 nitrogen and oxygen atoms in total. The Balaban J connectivity index is 2.15. The Kier molecular flexibility index (Phi) is 4.86. The molecule has 0 saturated heterocycles. The highest BCUT2D eigenvalue weighted by molar-refractivity contribution is 7.15. The second-order valence-electron chi connectivity index (χ2n) is 7.83. The maximum Gasteiger partial charge on any atom is 0.162 e. The van der Waals surface area contributed by atoms with E-state index >= 15 is 0 Å². The Morgan fingerprint density at radius 2 is 1.56 bits per heavy atom. The second kappa shape index (κ2) is 6.50. The molecule has 1 aromatic carbocycles. The molecule has 1 aromatic heterocycles. The lowest BCUT2D eigenvalue weighted by Crippen LogP contribution is -2.56. The van der Waals surface area contributed by atoms with Gasteiger partial charge in [0.1, 0.15) is 10.9 Å². The van der Waals surface area contributed by atoms with Crippen molar-refractivity contribution in [1.29, 1.82) is 0 Å². The van der Waals surface area contributed by atoms with Crippen molar-refractivity contribution in [2.75, 3.05) is 0 Å². The third-order valence-corrected chi connectivity index (χ3v) is 6.74. The molecule has 0 spiro atoms. The van der Waals surface area contributed by atoms with Gasteiger partial charge in [-0.2, -0.15) is 0 Å². The minimum atomic E-state index is -1.24. The van der Waals surface area contributed by atoms with Crippen LogP contribution in [0.5, 0.6) is 0 Å². The Labute approximate surface area is 171 Å². The summed E-state index contributed by atoms with van der Waals surface area (Å²) in [6.45, 7) is 8.13. The Morgan fingerprint density at radius 3 is 2.11 bits per heavy atom. The lowest BCUT2D eigenvalue weighted by molar-refractivity contribution is -0.157. The summed E-state index contributed by atoms with van der Waals surface area (Å²) in [7, 11) is 0. The lowest BCUT2D eigenvalue weighted by Gasteiger charge is -2.40. The van der Waals surface area contributed by atoms with Gasteiger partial charge in [-0.05, 0) is 52.8 Å². The smallest absolute Gasteiger partial charge is 0.162 e. The molecule has 0 bridgehead atoms. The van der Waals surface area contributed by atoms with Crippen LogP contribution in [-0.4, -0.2) is 22.3 Å². The molecule has 27 heavy (non-hydrogen) atoms. The van der Waals surface area contributed by atoms with Crippen molar-refractivity contribution in [2.24, 2.45) is 10.8 Å². The predicted octanol–water partition coefficient (Wildman–Crippen LogP) is 5.28. The first kappa shape index (κ1) is 20.2. The zero-order chi connectivity index (χ0) is 20.3. The van der Waals surface area contributed by atoms with E-state index < -0.39 is 28.3 Å². The standard InChI is InChI=1S/C20H19Cl2NO3S/c1-9-14(23-17(27-9)11-8-10(21)6-7-12(11)22)13-15(24)19(2,3)18(26)20(4,5)16(13)25/h6-8,13H,1-5H3. The first-order chi connectivity index (χ1) is 12.4. The van der Waals surface area contributed by atoms with E-state index in [2.05, 4.69) is 4.98 Å². The summed E-state index contributed by atoms with van der Waals surface area (Å²) in [5, 5.41) is 1.58. The molecular weight excluding hydrogens is 405 g/mol. The fourth-order valence-corrected chi connectivity index (χ4v) is 4.96. The zero-order valence-electron chi connectivity index (χ0n) is 15.6. The van der Waals surface area contributed by atoms with Crippen molar-refractivity contribution < 1.29 is 14.4 Å². The SMILES string of the molecule is Cc1sc(-c2cc(Cl)ccc2Cl)nc1C1C(=O)C(C)(C)C(=O)C(C)(C)C1=O. The summed E-state index contributed by atoms with van der Waals surface area (Å²) in [4.78, 5) is 44.1. The molecule has 0 atom stereocenters. The number of rotatable bonds is 2. The number of carbonyl (C=O) groups excluding carboxylic acids is 3. The number of nitrogens with zero attached hydrogens (tertiary/aromatic N) is 1. The quantitative estimate of drug-likeness (QED) is 0.615. The number of Topliss-reactive ketones (excluding diaryl/α,β-unsaturated/α-hetero) is 3. The third-order valence-electron chi connectivity index (χ3n) is 5.16. The van der Waals surface area contributed by atoms with E-state index in [-0.39, 0.29) is 5.78 Å². The average molecular weight is 424 g/mol. The highest BCUT2D eigenvalue weighted by Gasteiger charge is 2.59. The number of hydrogen-bond donors (Lipinski definition) is 0. The second-order valence-corrected chi connectivity index (χ2v) is 9.87. The van der Waals surface area contributed by atoms with Crippen LogP contribution in [0.1, 0.15) is 44.2 Å². The fourth-order valence-electron chi connectivity index (χ4n) is 3.55. The van der Waals surface area contributed by atoms with Gasteiger partial charge in [0, 0.05) is 15.5 Å². The molecule has 0 radical (unpaired) electrons. The van der Waals surface area contributed by atoms with Crippen LogP contribution in [-0.2, 0) is 14.4 Å². The van der Waals surface area contributed by atoms with Gasteiger partial charge >= 0.3 is 0 Å². The van der Waals surface area contributed by atoms with Crippen molar-refractivity contribution in [3.63, 3.8) is 0 Å². The van der Waals surface area contributed by atoms with Crippen LogP contribution in [0.25, 0.3) is 10.6 Å². The van der Waals surface area contributed by atoms with E-state index in [1.165, 1.54) is 11.3 Å². The van der Waals surface area contributed by atoms with Gasteiger partial charge in [-0.1, -0.05) is 23.2 Å².